The van der Waals surface area contributed by atoms with E-state index < -0.39 is 6.16 Å². The average Bonchev–Trinajstić information content (AvgIpc) is 1.66. The minimum Gasteiger partial charge on any atom is -0.870 e. The summed E-state index contributed by atoms with van der Waals surface area (Å²) in [7, 11) is 25.5. The summed E-state index contributed by atoms with van der Waals surface area (Å²) in [6.07, 6.45) is -2.33. The van der Waals surface area contributed by atoms with Gasteiger partial charge in [0.05, 0.1) is 84.6 Å². The van der Waals surface area contributed by atoms with Crippen molar-refractivity contribution in [3.8, 4) is 0 Å². The summed E-state index contributed by atoms with van der Waals surface area (Å²) in [5, 5.41) is 16.7. The fraction of sp³-hybridized carbons (Fsp3) is 0.923. The lowest BCUT2D eigenvalue weighted by atomic mass is 10.8. The van der Waals surface area contributed by atoms with E-state index in [1.165, 1.54) is 0 Å². The molecule has 0 amide bonds. The molecule has 7 nitrogen and oxygen atoms in total. The van der Waals surface area contributed by atoms with Crippen LogP contribution in [0, 0.1) is 0 Å². The summed E-state index contributed by atoms with van der Waals surface area (Å²) < 4.78 is 3.00. The minimum atomic E-state index is -2.33. The van der Waals surface area contributed by atoms with E-state index in [1.54, 1.807) is 0 Å². The summed E-state index contributed by atoms with van der Waals surface area (Å²) in [5.74, 6) is 0. The van der Waals surface area contributed by atoms with Gasteiger partial charge in [0.1, 0.15) is 0 Å². The highest BCUT2D eigenvalue weighted by Crippen LogP contribution is 1.74. The highest BCUT2D eigenvalue weighted by molar-refractivity contribution is 5.47. The highest BCUT2D eigenvalue weighted by atomic mass is 16.6. The topological polar surface area (TPSA) is 93.2 Å². The van der Waals surface area contributed by atoms with Crippen molar-refractivity contribution in [3.63, 3.8) is 0 Å². The van der Waals surface area contributed by atoms with Crippen molar-refractivity contribution in [2.45, 2.75) is 0 Å². The van der Waals surface area contributed by atoms with E-state index in [0.29, 0.717) is 0 Å². The van der Waals surface area contributed by atoms with Crippen LogP contribution in [-0.2, 0) is 0 Å². The lowest BCUT2D eigenvalue weighted by Crippen LogP contribution is -2.37. The third kappa shape index (κ3) is 5610. The van der Waals surface area contributed by atoms with E-state index in [-0.39, 0.29) is 5.48 Å². The van der Waals surface area contributed by atoms with E-state index in [0.717, 1.165) is 13.4 Å². The van der Waals surface area contributed by atoms with Crippen LogP contribution >= 0.6 is 0 Å². The van der Waals surface area contributed by atoms with Gasteiger partial charge in [-0.3, -0.25) is 0 Å². The molecular formula is C13H37N3O4. The third-order valence-electron chi connectivity index (χ3n) is 0. The van der Waals surface area contributed by atoms with Crippen LogP contribution in [0.2, 0.25) is 0 Å². The molecule has 0 bridgehead atoms. The van der Waals surface area contributed by atoms with Crippen molar-refractivity contribution in [1.29, 1.82) is 0 Å². The Hall–Kier alpha value is -0.890. The van der Waals surface area contributed by atoms with Gasteiger partial charge in [-0.25, -0.2) is 0 Å². The summed E-state index contributed by atoms with van der Waals surface area (Å²) in [6, 6.07) is 0. The number of nitrogens with zero attached hydrogens (tertiary/aromatic N) is 3. The van der Waals surface area contributed by atoms with E-state index in [9.17, 15) is 0 Å². The van der Waals surface area contributed by atoms with Gasteiger partial charge in [0.15, 0.2) is 0 Å². The van der Waals surface area contributed by atoms with Crippen molar-refractivity contribution in [2.75, 3.05) is 84.6 Å². The van der Waals surface area contributed by atoms with E-state index in [2.05, 4.69) is 84.6 Å². The van der Waals surface area contributed by atoms with Crippen LogP contribution in [0.25, 0.3) is 0 Å². The van der Waals surface area contributed by atoms with Crippen LogP contribution in [0.4, 0.5) is 4.79 Å². The fourth-order valence-electron chi connectivity index (χ4n) is 0. The molecule has 0 aliphatic carbocycles. The molecule has 0 radical (unpaired) electrons. The van der Waals surface area contributed by atoms with Crippen LogP contribution < -0.4 is 10.2 Å². The molecule has 0 rings (SSSR count). The lowest BCUT2D eigenvalue weighted by Gasteiger charge is -2.14. The summed E-state index contributed by atoms with van der Waals surface area (Å²) >= 11 is 0. The van der Waals surface area contributed by atoms with Gasteiger partial charge < -0.3 is 33.9 Å². The maximum Gasteiger partial charge on any atom is 0.0675 e. The Morgan fingerprint density at radius 1 is 0.550 bits per heavy atom. The minimum absolute atomic E-state index is 0. The molecule has 0 aromatic heterocycles. The fourth-order valence-corrected chi connectivity index (χ4v) is 0. The molecular weight excluding hydrogens is 262 g/mol. The Balaban J connectivity index is -0.0000000494. The third-order valence-corrected chi connectivity index (χ3v) is 0. The zero-order valence-corrected chi connectivity index (χ0v) is 15.5. The Morgan fingerprint density at radius 3 is 0.550 bits per heavy atom. The first-order chi connectivity index (χ1) is 7.73. The molecule has 0 aliphatic rings. The SMILES string of the molecule is C[N+](C)(C)C.C[N+](C)(C)C.C[N+](C)(C)C.O=C([O-])[O-].[OH-]. The van der Waals surface area contributed by atoms with Gasteiger partial charge in [0.25, 0.3) is 0 Å². The van der Waals surface area contributed by atoms with Gasteiger partial charge in [-0.1, -0.05) is 0 Å². The van der Waals surface area contributed by atoms with Gasteiger partial charge in [0.2, 0.25) is 0 Å². The number of carbonyl (C=O) groups excluding carboxylic acids is 1. The van der Waals surface area contributed by atoms with Crippen molar-refractivity contribution < 1.29 is 33.9 Å². The van der Waals surface area contributed by atoms with Crippen molar-refractivity contribution in [1.82, 2.24) is 0 Å². The molecule has 0 fully saturated rings. The first kappa shape index (κ1) is 31.5. The van der Waals surface area contributed by atoms with Crippen LogP contribution in [0.5, 0.6) is 0 Å². The molecule has 1 N–H and O–H groups in total. The number of carboxylic acid groups (broad SMARTS) is 2. The molecule has 0 saturated heterocycles. The van der Waals surface area contributed by atoms with Gasteiger partial charge in [0, 0.05) is 0 Å². The second kappa shape index (κ2) is 13.1. The second-order valence-corrected chi connectivity index (χ2v) is 8.30. The van der Waals surface area contributed by atoms with Crippen molar-refractivity contribution in [3.05, 3.63) is 0 Å². The Kier molecular flexibility index (Phi) is 20.6. The molecule has 0 aliphatic heterocycles. The van der Waals surface area contributed by atoms with Crippen LogP contribution in [0.1, 0.15) is 0 Å². The zero-order valence-electron chi connectivity index (χ0n) is 15.5. The molecule has 0 saturated carbocycles. The highest BCUT2D eigenvalue weighted by Gasteiger charge is 1.89. The predicted octanol–water partition coefficient (Wildman–Crippen LogP) is -1.66. The van der Waals surface area contributed by atoms with Crippen LogP contribution in [-0.4, -0.2) is 110 Å². The van der Waals surface area contributed by atoms with Gasteiger partial charge in [-0.15, -0.1) is 0 Å². The standard InChI is InChI=1S/3C4H12N.CH2O3.H2O/c3*1-5(2,3)4;2-1(3)4;/h3*1-4H3;(H2,2,3,4);1H2/q3*+1;;/p-3. The van der Waals surface area contributed by atoms with Crippen molar-refractivity contribution >= 4 is 6.16 Å². The number of hydrogen-bond acceptors (Lipinski definition) is 4. The quantitative estimate of drug-likeness (QED) is 0.501. The van der Waals surface area contributed by atoms with E-state index in [1.807, 2.05) is 0 Å². The molecule has 0 heterocycles. The van der Waals surface area contributed by atoms with Gasteiger partial charge >= 0.3 is 0 Å². The number of carbonyl (C=O) groups is 1. The molecule has 7 heteroatoms. The normalized spacial score (nSPS) is 10.2. The van der Waals surface area contributed by atoms with Gasteiger partial charge in [-0.05, 0) is 6.16 Å². The lowest BCUT2D eigenvalue weighted by molar-refractivity contribution is -0.849. The number of quaternary nitrogens is 3. The maximum atomic E-state index is 8.33. The summed E-state index contributed by atoms with van der Waals surface area (Å²) in [4.78, 5) is 8.33. The molecule has 20 heavy (non-hydrogen) atoms. The first-order valence-corrected chi connectivity index (χ1v) is 5.98. The average molecular weight is 299 g/mol. The van der Waals surface area contributed by atoms with E-state index >= 15 is 0 Å². The van der Waals surface area contributed by atoms with Crippen LogP contribution in [0.3, 0.4) is 0 Å². The summed E-state index contributed by atoms with van der Waals surface area (Å²) in [5.41, 5.74) is 0. The largest absolute Gasteiger partial charge is 0.870 e. The molecule has 0 aromatic carbocycles. The van der Waals surface area contributed by atoms with Crippen molar-refractivity contribution in [2.24, 2.45) is 0 Å². The second-order valence-electron chi connectivity index (χ2n) is 8.30. The molecule has 0 atom stereocenters. The molecule has 0 spiro atoms. The molecule has 128 valence electrons. The Labute approximate surface area is 125 Å². The predicted molar refractivity (Wildman–Crippen MR) is 79.2 cm³/mol. The zero-order chi connectivity index (χ0) is 17.1. The number of rotatable bonds is 0. The van der Waals surface area contributed by atoms with E-state index in [4.69, 9.17) is 15.0 Å². The first-order valence-electron chi connectivity index (χ1n) is 5.98. The van der Waals surface area contributed by atoms with Gasteiger partial charge in [-0.2, -0.15) is 0 Å². The monoisotopic (exact) mass is 299 g/mol. The molecule has 0 aromatic rings. The smallest absolute Gasteiger partial charge is 0.0675 e. The maximum absolute atomic E-state index is 8.33. The van der Waals surface area contributed by atoms with Crippen LogP contribution in [0.15, 0.2) is 0 Å². The summed E-state index contributed by atoms with van der Waals surface area (Å²) in [6.45, 7) is 0. The Morgan fingerprint density at radius 2 is 0.550 bits per heavy atom. The number of hydrogen-bond donors (Lipinski definition) is 0. The Bertz CT molecular complexity index is 163. The molecule has 0 unspecified atom stereocenters.